The molecular weight excluding hydrogens is 278 g/mol. The molecule has 0 saturated heterocycles. The third-order valence-corrected chi connectivity index (χ3v) is 3.67. The Morgan fingerprint density at radius 1 is 1.20 bits per heavy atom. The second kappa shape index (κ2) is 6.40. The lowest BCUT2D eigenvalue weighted by Gasteiger charge is -2.07. The monoisotopic (exact) mass is 293 g/mol. The molecule has 2 aromatic rings. The number of rotatable bonds is 6. The number of aromatic nitrogens is 3. The summed E-state index contributed by atoms with van der Waals surface area (Å²) < 4.78 is 26.3. The molecule has 0 atom stereocenters. The number of benzene rings is 1. The lowest BCUT2D eigenvalue weighted by Crippen LogP contribution is -2.17. The van der Waals surface area contributed by atoms with Gasteiger partial charge in [0.15, 0.2) is 0 Å². The summed E-state index contributed by atoms with van der Waals surface area (Å²) in [4.78, 5) is 3.78. The second-order valence-electron chi connectivity index (χ2n) is 4.18. The first kappa shape index (κ1) is 14.4. The summed E-state index contributed by atoms with van der Waals surface area (Å²) in [7, 11) is -1.72. The van der Waals surface area contributed by atoms with Crippen LogP contribution in [0.25, 0.3) is 0 Å². The molecule has 0 aliphatic rings. The maximum Gasteiger partial charge on any atom is 0.256 e. The quantitative estimate of drug-likeness (QED) is 0.806. The van der Waals surface area contributed by atoms with Gasteiger partial charge in [-0.3, -0.25) is 0 Å². The van der Waals surface area contributed by atoms with Crippen LogP contribution in [0.2, 0.25) is 0 Å². The SMILES string of the molecule is CNCc1cccc(CS(=O)(=O)Nc2nccnn2)c1. The van der Waals surface area contributed by atoms with Crippen molar-refractivity contribution in [2.24, 2.45) is 0 Å². The first-order valence-corrected chi connectivity index (χ1v) is 7.61. The molecule has 106 valence electrons. The van der Waals surface area contributed by atoms with Gasteiger partial charge in [0.2, 0.25) is 10.0 Å². The van der Waals surface area contributed by atoms with E-state index < -0.39 is 10.0 Å². The van der Waals surface area contributed by atoms with Gasteiger partial charge in [0.05, 0.1) is 18.1 Å². The maximum absolute atomic E-state index is 12.0. The summed E-state index contributed by atoms with van der Waals surface area (Å²) in [5.41, 5.74) is 1.73. The zero-order chi connectivity index (χ0) is 14.4. The Kier molecular flexibility index (Phi) is 4.59. The van der Waals surface area contributed by atoms with Crippen LogP contribution >= 0.6 is 0 Å². The molecule has 1 aromatic heterocycles. The van der Waals surface area contributed by atoms with Crippen molar-refractivity contribution in [2.45, 2.75) is 12.3 Å². The van der Waals surface area contributed by atoms with E-state index in [1.54, 1.807) is 6.07 Å². The highest BCUT2D eigenvalue weighted by Gasteiger charge is 2.13. The minimum atomic E-state index is -3.55. The highest BCUT2D eigenvalue weighted by atomic mass is 32.2. The van der Waals surface area contributed by atoms with Gasteiger partial charge in [-0.05, 0) is 18.2 Å². The molecular formula is C12H15N5O2S. The van der Waals surface area contributed by atoms with Gasteiger partial charge < -0.3 is 5.32 Å². The van der Waals surface area contributed by atoms with Crippen molar-refractivity contribution >= 4 is 16.0 Å². The number of sulfonamides is 1. The number of nitrogens with zero attached hydrogens (tertiary/aromatic N) is 3. The minimum absolute atomic E-state index is 0.0288. The fourth-order valence-electron chi connectivity index (χ4n) is 1.72. The molecule has 0 saturated carbocycles. The number of nitrogens with one attached hydrogen (secondary N) is 2. The lowest BCUT2D eigenvalue weighted by molar-refractivity contribution is 0.600. The zero-order valence-electron chi connectivity index (χ0n) is 10.9. The Morgan fingerprint density at radius 3 is 2.70 bits per heavy atom. The van der Waals surface area contributed by atoms with E-state index in [-0.39, 0.29) is 11.7 Å². The van der Waals surface area contributed by atoms with Gasteiger partial charge in [-0.1, -0.05) is 24.3 Å². The molecule has 0 fully saturated rings. The minimum Gasteiger partial charge on any atom is -0.316 e. The maximum atomic E-state index is 12.0. The van der Waals surface area contributed by atoms with E-state index in [2.05, 4.69) is 25.2 Å². The summed E-state index contributed by atoms with van der Waals surface area (Å²) in [5.74, 6) is -0.165. The second-order valence-corrected chi connectivity index (χ2v) is 5.90. The molecule has 8 heteroatoms. The van der Waals surface area contributed by atoms with Crippen LogP contribution in [0.15, 0.2) is 36.7 Å². The molecule has 1 heterocycles. The fourth-order valence-corrected chi connectivity index (χ4v) is 2.78. The zero-order valence-corrected chi connectivity index (χ0v) is 11.8. The van der Waals surface area contributed by atoms with Crippen LogP contribution < -0.4 is 10.0 Å². The highest BCUT2D eigenvalue weighted by molar-refractivity contribution is 7.91. The molecule has 0 spiro atoms. The molecule has 7 nitrogen and oxygen atoms in total. The van der Waals surface area contributed by atoms with Crippen LogP contribution in [0.3, 0.4) is 0 Å². The van der Waals surface area contributed by atoms with Crippen molar-refractivity contribution < 1.29 is 8.42 Å². The Labute approximate surface area is 117 Å². The topological polar surface area (TPSA) is 96.9 Å². The molecule has 0 unspecified atom stereocenters. The average molecular weight is 293 g/mol. The van der Waals surface area contributed by atoms with Crippen molar-refractivity contribution in [1.82, 2.24) is 20.5 Å². The molecule has 2 rings (SSSR count). The third kappa shape index (κ3) is 4.25. The molecule has 1 aromatic carbocycles. The van der Waals surface area contributed by atoms with Crippen LogP contribution in [0, 0.1) is 0 Å². The van der Waals surface area contributed by atoms with E-state index in [0.29, 0.717) is 12.1 Å². The van der Waals surface area contributed by atoms with Crippen molar-refractivity contribution in [2.75, 3.05) is 11.8 Å². The molecule has 0 aliphatic heterocycles. The van der Waals surface area contributed by atoms with Crippen LogP contribution in [-0.2, 0) is 22.3 Å². The van der Waals surface area contributed by atoms with Gasteiger partial charge in [-0.15, -0.1) is 5.10 Å². The van der Waals surface area contributed by atoms with Gasteiger partial charge in [0.1, 0.15) is 0 Å². The predicted molar refractivity (Wildman–Crippen MR) is 75.3 cm³/mol. The van der Waals surface area contributed by atoms with E-state index in [0.717, 1.165) is 5.56 Å². The van der Waals surface area contributed by atoms with E-state index in [4.69, 9.17) is 0 Å². The summed E-state index contributed by atoms with van der Waals surface area (Å²) in [5, 5.41) is 10.2. The Bertz CT molecular complexity index is 661. The van der Waals surface area contributed by atoms with Crippen molar-refractivity contribution in [3.8, 4) is 0 Å². The van der Waals surface area contributed by atoms with E-state index in [9.17, 15) is 8.42 Å². The molecule has 0 aliphatic carbocycles. The van der Waals surface area contributed by atoms with Crippen LogP contribution in [0.4, 0.5) is 5.95 Å². The smallest absolute Gasteiger partial charge is 0.256 e. The van der Waals surface area contributed by atoms with Crippen LogP contribution in [0.1, 0.15) is 11.1 Å². The molecule has 20 heavy (non-hydrogen) atoms. The van der Waals surface area contributed by atoms with E-state index in [1.165, 1.54) is 12.4 Å². The first-order valence-electron chi connectivity index (χ1n) is 5.96. The van der Waals surface area contributed by atoms with Crippen molar-refractivity contribution in [3.63, 3.8) is 0 Å². The van der Waals surface area contributed by atoms with Gasteiger partial charge in [-0.25, -0.2) is 18.1 Å². The summed E-state index contributed by atoms with van der Waals surface area (Å²) in [6.45, 7) is 0.688. The average Bonchev–Trinajstić information content (AvgIpc) is 2.39. The number of hydrogen-bond donors (Lipinski definition) is 2. The Hall–Kier alpha value is -2.06. The molecule has 0 amide bonds. The van der Waals surface area contributed by atoms with Crippen LogP contribution in [-0.4, -0.2) is 30.6 Å². The molecule has 0 bridgehead atoms. The Morgan fingerprint density at radius 2 is 2.00 bits per heavy atom. The number of hydrogen-bond acceptors (Lipinski definition) is 6. The van der Waals surface area contributed by atoms with Gasteiger partial charge in [0, 0.05) is 6.54 Å². The van der Waals surface area contributed by atoms with Crippen molar-refractivity contribution in [1.29, 1.82) is 0 Å². The van der Waals surface area contributed by atoms with Crippen molar-refractivity contribution in [3.05, 3.63) is 47.8 Å². The summed E-state index contributed by atoms with van der Waals surface area (Å²) >= 11 is 0. The van der Waals surface area contributed by atoms with E-state index >= 15 is 0 Å². The molecule has 2 N–H and O–H groups in total. The van der Waals surface area contributed by atoms with Crippen LogP contribution in [0.5, 0.6) is 0 Å². The first-order chi connectivity index (χ1) is 9.59. The number of anilines is 1. The summed E-state index contributed by atoms with van der Waals surface area (Å²) in [6, 6.07) is 7.38. The highest BCUT2D eigenvalue weighted by Crippen LogP contribution is 2.10. The van der Waals surface area contributed by atoms with E-state index in [1.807, 2.05) is 25.2 Å². The Balaban J connectivity index is 2.10. The largest absolute Gasteiger partial charge is 0.316 e. The normalized spacial score (nSPS) is 11.2. The van der Waals surface area contributed by atoms with Gasteiger partial charge in [-0.2, -0.15) is 5.10 Å². The summed E-state index contributed by atoms with van der Waals surface area (Å²) in [6.07, 6.45) is 2.75. The third-order valence-electron chi connectivity index (χ3n) is 2.46. The fraction of sp³-hybridized carbons (Fsp3) is 0.250. The van der Waals surface area contributed by atoms with Gasteiger partial charge >= 0.3 is 0 Å². The van der Waals surface area contributed by atoms with Gasteiger partial charge in [0.25, 0.3) is 5.95 Å². The standard InChI is InChI=1S/C12H15N5O2S/c1-13-8-10-3-2-4-11(7-10)9-20(18,19)17-12-14-5-6-15-16-12/h2-7,13H,8-9H2,1H3,(H,14,16,17). The lowest BCUT2D eigenvalue weighted by atomic mass is 10.1. The molecule has 0 radical (unpaired) electrons. The predicted octanol–water partition coefficient (Wildman–Crippen LogP) is 0.533.